The molecule has 0 saturated carbocycles. The van der Waals surface area contributed by atoms with Gasteiger partial charge < -0.3 is 10.6 Å². The summed E-state index contributed by atoms with van der Waals surface area (Å²) in [4.78, 5) is 12.1. The van der Waals surface area contributed by atoms with Crippen LogP contribution in [-0.4, -0.2) is 19.0 Å². The van der Waals surface area contributed by atoms with E-state index in [9.17, 15) is 4.79 Å². The highest BCUT2D eigenvalue weighted by atomic mass is 79.9. The fraction of sp³-hybridized carbons (Fsp3) is 0.462. The SMILES string of the molecule is Cc1ccc(Br)cc1NC(=O)C(C)C1CNC1.Cl. The normalized spacial score (nSPS) is 16.4. The summed E-state index contributed by atoms with van der Waals surface area (Å²) in [5, 5.41) is 6.20. The fourth-order valence-electron chi connectivity index (χ4n) is 1.85. The molecule has 100 valence electrons. The largest absolute Gasteiger partial charge is 0.326 e. The number of hydrogen-bond donors (Lipinski definition) is 2. The number of hydrogen-bond acceptors (Lipinski definition) is 2. The molecule has 2 N–H and O–H groups in total. The van der Waals surface area contributed by atoms with Gasteiger partial charge in [0.2, 0.25) is 5.91 Å². The average molecular weight is 334 g/mol. The van der Waals surface area contributed by atoms with E-state index in [2.05, 4.69) is 26.6 Å². The van der Waals surface area contributed by atoms with Gasteiger partial charge in [-0.15, -0.1) is 12.4 Å². The smallest absolute Gasteiger partial charge is 0.227 e. The van der Waals surface area contributed by atoms with Crippen LogP contribution in [0.1, 0.15) is 12.5 Å². The number of rotatable bonds is 3. The molecule has 1 aliphatic heterocycles. The third kappa shape index (κ3) is 3.46. The van der Waals surface area contributed by atoms with E-state index in [0.29, 0.717) is 5.92 Å². The summed E-state index contributed by atoms with van der Waals surface area (Å²) in [5.74, 6) is 0.648. The quantitative estimate of drug-likeness (QED) is 0.893. The minimum absolute atomic E-state index is 0. The standard InChI is InChI=1S/C13H17BrN2O.ClH/c1-8-3-4-11(14)5-12(8)16-13(17)9(2)10-6-15-7-10;/h3-5,9-10,15H,6-7H2,1-2H3,(H,16,17);1H. The van der Waals surface area contributed by atoms with Crippen LogP contribution < -0.4 is 10.6 Å². The minimum Gasteiger partial charge on any atom is -0.326 e. The van der Waals surface area contributed by atoms with Crippen molar-refractivity contribution in [1.82, 2.24) is 5.32 Å². The molecule has 1 aliphatic rings. The molecule has 1 fully saturated rings. The summed E-state index contributed by atoms with van der Waals surface area (Å²) in [7, 11) is 0. The predicted octanol–water partition coefficient (Wildman–Crippen LogP) is 2.97. The third-order valence-electron chi connectivity index (χ3n) is 3.39. The molecule has 0 spiro atoms. The minimum atomic E-state index is 0. The summed E-state index contributed by atoms with van der Waals surface area (Å²) in [5.41, 5.74) is 1.98. The Labute approximate surface area is 122 Å². The molecular formula is C13H18BrClN2O. The van der Waals surface area contributed by atoms with Crippen molar-refractivity contribution in [1.29, 1.82) is 0 Å². The maximum Gasteiger partial charge on any atom is 0.227 e. The number of amides is 1. The lowest BCUT2D eigenvalue weighted by atomic mass is 9.88. The van der Waals surface area contributed by atoms with Gasteiger partial charge in [0.1, 0.15) is 0 Å². The number of anilines is 1. The van der Waals surface area contributed by atoms with E-state index in [0.717, 1.165) is 28.8 Å². The maximum absolute atomic E-state index is 12.1. The van der Waals surface area contributed by atoms with Crippen molar-refractivity contribution in [2.24, 2.45) is 11.8 Å². The van der Waals surface area contributed by atoms with Crippen molar-refractivity contribution in [3.8, 4) is 0 Å². The summed E-state index contributed by atoms with van der Waals surface area (Å²) < 4.78 is 0.983. The molecule has 2 rings (SSSR count). The zero-order valence-corrected chi connectivity index (χ0v) is 12.9. The molecule has 5 heteroatoms. The van der Waals surface area contributed by atoms with Crippen LogP contribution in [0, 0.1) is 18.8 Å². The number of halogens is 2. The molecular weight excluding hydrogens is 316 g/mol. The molecule has 0 aliphatic carbocycles. The first-order chi connectivity index (χ1) is 8.08. The first kappa shape index (κ1) is 15.5. The van der Waals surface area contributed by atoms with E-state index in [-0.39, 0.29) is 24.2 Å². The molecule has 1 heterocycles. The lowest BCUT2D eigenvalue weighted by Gasteiger charge is -2.31. The molecule has 1 saturated heterocycles. The van der Waals surface area contributed by atoms with Gasteiger partial charge in [-0.1, -0.05) is 28.9 Å². The predicted molar refractivity (Wildman–Crippen MR) is 80.3 cm³/mol. The zero-order chi connectivity index (χ0) is 12.4. The number of carbonyl (C=O) groups is 1. The Kier molecular flexibility index (Phi) is 5.63. The van der Waals surface area contributed by atoms with Gasteiger partial charge in [0.15, 0.2) is 0 Å². The molecule has 1 aromatic rings. The van der Waals surface area contributed by atoms with E-state index in [4.69, 9.17) is 0 Å². The van der Waals surface area contributed by atoms with Crippen LogP contribution in [0.4, 0.5) is 5.69 Å². The highest BCUT2D eigenvalue weighted by molar-refractivity contribution is 9.10. The van der Waals surface area contributed by atoms with E-state index >= 15 is 0 Å². The van der Waals surface area contributed by atoms with Crippen molar-refractivity contribution < 1.29 is 4.79 Å². The van der Waals surface area contributed by atoms with Gasteiger partial charge in [-0.25, -0.2) is 0 Å². The molecule has 1 amide bonds. The monoisotopic (exact) mass is 332 g/mol. The Morgan fingerprint density at radius 1 is 1.50 bits per heavy atom. The maximum atomic E-state index is 12.1. The van der Waals surface area contributed by atoms with Gasteiger partial charge in [0, 0.05) is 16.1 Å². The molecule has 1 atom stereocenters. The summed E-state index contributed by atoms with van der Waals surface area (Å²) in [6.45, 7) is 5.89. The second kappa shape index (κ2) is 6.55. The summed E-state index contributed by atoms with van der Waals surface area (Å²) >= 11 is 3.42. The first-order valence-electron chi connectivity index (χ1n) is 5.85. The van der Waals surface area contributed by atoms with E-state index in [1.165, 1.54) is 0 Å². The number of benzene rings is 1. The molecule has 3 nitrogen and oxygen atoms in total. The average Bonchev–Trinajstić information content (AvgIpc) is 2.21. The second-order valence-corrected chi connectivity index (χ2v) is 5.57. The van der Waals surface area contributed by atoms with Crippen LogP contribution in [0.15, 0.2) is 22.7 Å². The second-order valence-electron chi connectivity index (χ2n) is 4.66. The topological polar surface area (TPSA) is 41.1 Å². The Hall–Kier alpha value is -0.580. The van der Waals surface area contributed by atoms with Crippen molar-refractivity contribution in [3.63, 3.8) is 0 Å². The van der Waals surface area contributed by atoms with Gasteiger partial charge in [0.05, 0.1) is 0 Å². The van der Waals surface area contributed by atoms with Gasteiger partial charge in [-0.3, -0.25) is 4.79 Å². The van der Waals surface area contributed by atoms with Gasteiger partial charge >= 0.3 is 0 Å². The van der Waals surface area contributed by atoms with E-state index in [1.807, 2.05) is 32.0 Å². The number of carbonyl (C=O) groups excluding carboxylic acids is 1. The molecule has 1 unspecified atom stereocenters. The number of nitrogens with one attached hydrogen (secondary N) is 2. The van der Waals surface area contributed by atoms with Crippen LogP contribution in [0.3, 0.4) is 0 Å². The van der Waals surface area contributed by atoms with Crippen LogP contribution in [0.2, 0.25) is 0 Å². The van der Waals surface area contributed by atoms with Gasteiger partial charge in [-0.05, 0) is 43.6 Å². The van der Waals surface area contributed by atoms with Crippen molar-refractivity contribution >= 4 is 39.9 Å². The fourth-order valence-corrected chi connectivity index (χ4v) is 2.22. The lowest BCUT2D eigenvalue weighted by molar-refractivity contribution is -0.121. The summed E-state index contributed by atoms with van der Waals surface area (Å²) in [6, 6.07) is 5.92. The molecule has 18 heavy (non-hydrogen) atoms. The lowest BCUT2D eigenvalue weighted by Crippen LogP contribution is -2.48. The van der Waals surface area contributed by atoms with Crippen LogP contribution in [0.5, 0.6) is 0 Å². The molecule has 0 radical (unpaired) electrons. The van der Waals surface area contributed by atoms with Gasteiger partial charge in [-0.2, -0.15) is 0 Å². The van der Waals surface area contributed by atoms with Crippen LogP contribution in [-0.2, 0) is 4.79 Å². The molecule has 1 aromatic carbocycles. The van der Waals surface area contributed by atoms with Crippen molar-refractivity contribution in [2.45, 2.75) is 13.8 Å². The highest BCUT2D eigenvalue weighted by Gasteiger charge is 2.28. The number of aryl methyl sites for hydroxylation is 1. The van der Waals surface area contributed by atoms with Crippen molar-refractivity contribution in [2.75, 3.05) is 18.4 Å². The van der Waals surface area contributed by atoms with Crippen molar-refractivity contribution in [3.05, 3.63) is 28.2 Å². The molecule has 0 bridgehead atoms. The Morgan fingerprint density at radius 3 is 2.72 bits per heavy atom. The van der Waals surface area contributed by atoms with Gasteiger partial charge in [0.25, 0.3) is 0 Å². The Morgan fingerprint density at radius 2 is 2.17 bits per heavy atom. The zero-order valence-electron chi connectivity index (χ0n) is 10.5. The highest BCUT2D eigenvalue weighted by Crippen LogP contribution is 2.23. The van der Waals surface area contributed by atoms with E-state index in [1.54, 1.807) is 0 Å². The van der Waals surface area contributed by atoms with Crippen LogP contribution in [0.25, 0.3) is 0 Å². The summed E-state index contributed by atoms with van der Waals surface area (Å²) in [6.07, 6.45) is 0. The Bertz CT molecular complexity index is 435. The first-order valence-corrected chi connectivity index (χ1v) is 6.65. The van der Waals surface area contributed by atoms with E-state index < -0.39 is 0 Å². The molecule has 0 aromatic heterocycles. The third-order valence-corrected chi connectivity index (χ3v) is 3.88. The van der Waals surface area contributed by atoms with Crippen LogP contribution >= 0.6 is 28.3 Å². The Balaban J connectivity index is 0.00000162.